The molecule has 0 fully saturated rings. The number of hydrogen-bond donors (Lipinski definition) is 1. The molecular weight excluding hydrogens is 401 g/mol. The first kappa shape index (κ1) is 15.8. The Morgan fingerprint density at radius 2 is 2.08 bits per heavy atom. The van der Waals surface area contributed by atoms with Gasteiger partial charge in [0.05, 0.1) is 32.3 Å². The molecule has 0 aromatic heterocycles. The Balaban J connectivity index is 1.96. The zero-order chi connectivity index (χ0) is 17.1. The fourth-order valence-electron chi connectivity index (χ4n) is 3.47. The van der Waals surface area contributed by atoms with Gasteiger partial charge >= 0.3 is 5.97 Å². The predicted molar refractivity (Wildman–Crippen MR) is 88.0 cm³/mol. The van der Waals surface area contributed by atoms with E-state index in [-0.39, 0.29) is 21.7 Å². The summed E-state index contributed by atoms with van der Waals surface area (Å²) >= 11 is 3.13. The van der Waals surface area contributed by atoms with Gasteiger partial charge in [-0.1, -0.05) is 6.07 Å². The van der Waals surface area contributed by atoms with E-state index in [0.29, 0.717) is 35.4 Å². The minimum Gasteiger partial charge on any atom is -0.456 e. The van der Waals surface area contributed by atoms with Crippen molar-refractivity contribution < 1.29 is 22.3 Å². The molecule has 0 bridgehead atoms. The molecule has 0 radical (unpaired) electrons. The number of hydrogen-bond acceptors (Lipinski definition) is 5. The summed E-state index contributed by atoms with van der Waals surface area (Å²) in [5.74, 6) is -1.69. The van der Waals surface area contributed by atoms with Crippen molar-refractivity contribution >= 4 is 31.7 Å². The molecule has 0 saturated heterocycles. The molecule has 0 saturated carbocycles. The van der Waals surface area contributed by atoms with Crippen LogP contribution in [-0.2, 0) is 19.4 Å². The molecule has 3 aliphatic rings. The second-order valence-corrected chi connectivity index (χ2v) is 8.90. The monoisotopic (exact) mass is 413 g/mol. The number of cyclic esters (lactones) is 1. The molecule has 0 unspecified atom stereocenters. The highest BCUT2D eigenvalue weighted by atomic mass is 79.9. The van der Waals surface area contributed by atoms with Crippen LogP contribution in [0, 0.1) is 5.82 Å². The van der Waals surface area contributed by atoms with Gasteiger partial charge in [-0.3, -0.25) is 0 Å². The number of esters is 1. The zero-order valence-electron chi connectivity index (χ0n) is 12.4. The standard InChI is InChI=1S/C16H13BrFNO4S/c17-9-6-8(3-4-10(9)18)13-14-12(7-23-16(14)20)19-11-2-1-5-24(21,22)15(11)13/h3-4,6,13,19H,1-2,5,7H2/t13-/m0/s1. The molecule has 1 N–H and O–H groups in total. The Kier molecular flexibility index (Phi) is 3.58. The molecule has 0 spiro atoms. The number of sulfone groups is 1. The second kappa shape index (κ2) is 5.42. The minimum absolute atomic E-state index is 0.0457. The number of nitrogens with one attached hydrogen (secondary N) is 1. The molecule has 8 heteroatoms. The lowest BCUT2D eigenvalue weighted by molar-refractivity contribution is -0.136. The van der Waals surface area contributed by atoms with E-state index in [2.05, 4.69) is 21.2 Å². The first-order valence-electron chi connectivity index (χ1n) is 7.46. The van der Waals surface area contributed by atoms with Crippen LogP contribution >= 0.6 is 15.9 Å². The van der Waals surface area contributed by atoms with Crippen LogP contribution in [-0.4, -0.2) is 26.7 Å². The molecule has 1 aromatic rings. The van der Waals surface area contributed by atoms with Crippen molar-refractivity contribution in [1.82, 2.24) is 5.32 Å². The Morgan fingerprint density at radius 1 is 1.29 bits per heavy atom. The van der Waals surface area contributed by atoms with Gasteiger partial charge in [0.25, 0.3) is 0 Å². The van der Waals surface area contributed by atoms with E-state index >= 15 is 0 Å². The van der Waals surface area contributed by atoms with Crippen LogP contribution in [0.25, 0.3) is 0 Å². The summed E-state index contributed by atoms with van der Waals surface area (Å²) < 4.78 is 44.3. The Hall–Kier alpha value is -1.67. The number of ether oxygens (including phenoxy) is 1. The largest absolute Gasteiger partial charge is 0.456 e. The van der Waals surface area contributed by atoms with Crippen molar-refractivity contribution in [2.75, 3.05) is 12.4 Å². The topological polar surface area (TPSA) is 72.5 Å². The lowest BCUT2D eigenvalue weighted by Crippen LogP contribution is -2.34. The molecule has 1 atom stereocenters. The summed E-state index contributed by atoms with van der Waals surface area (Å²) in [6.45, 7) is 0.101. The lowest BCUT2D eigenvalue weighted by atomic mass is 9.86. The summed E-state index contributed by atoms with van der Waals surface area (Å²) in [6.07, 6.45) is 1.13. The Bertz CT molecular complexity index is 935. The maximum Gasteiger partial charge on any atom is 0.337 e. The summed E-state index contributed by atoms with van der Waals surface area (Å²) in [4.78, 5) is 12.4. The fourth-order valence-corrected chi connectivity index (χ4v) is 5.76. The van der Waals surface area contributed by atoms with Gasteiger partial charge in [-0.05, 0) is 46.5 Å². The summed E-state index contributed by atoms with van der Waals surface area (Å²) in [7, 11) is -3.50. The molecule has 1 aromatic carbocycles. The van der Waals surface area contributed by atoms with Crippen molar-refractivity contribution in [3.63, 3.8) is 0 Å². The number of allylic oxidation sites excluding steroid dienone is 2. The molecule has 3 aliphatic heterocycles. The number of halogens is 2. The van der Waals surface area contributed by atoms with E-state index in [9.17, 15) is 17.6 Å². The molecule has 126 valence electrons. The average Bonchev–Trinajstić information content (AvgIpc) is 2.89. The van der Waals surface area contributed by atoms with E-state index in [0.717, 1.165) is 0 Å². The molecule has 24 heavy (non-hydrogen) atoms. The van der Waals surface area contributed by atoms with Crippen molar-refractivity contribution in [2.24, 2.45) is 0 Å². The summed E-state index contributed by atoms with van der Waals surface area (Å²) in [5, 5.41) is 3.08. The Morgan fingerprint density at radius 3 is 2.83 bits per heavy atom. The molecule has 0 aliphatic carbocycles. The zero-order valence-corrected chi connectivity index (χ0v) is 14.8. The van der Waals surface area contributed by atoms with Gasteiger partial charge in [-0.15, -0.1) is 0 Å². The van der Waals surface area contributed by atoms with Crippen molar-refractivity contribution in [1.29, 1.82) is 0 Å². The second-order valence-electron chi connectivity index (χ2n) is 5.97. The van der Waals surface area contributed by atoms with E-state index in [1.165, 1.54) is 18.2 Å². The molecule has 3 heterocycles. The number of dihydropyridines is 1. The van der Waals surface area contributed by atoms with Gasteiger partial charge in [0.15, 0.2) is 9.84 Å². The highest BCUT2D eigenvalue weighted by molar-refractivity contribution is 9.10. The quantitative estimate of drug-likeness (QED) is 0.716. The lowest BCUT2D eigenvalue weighted by Gasteiger charge is -2.32. The van der Waals surface area contributed by atoms with Crippen LogP contribution < -0.4 is 5.32 Å². The summed E-state index contributed by atoms with van der Waals surface area (Å²) in [6, 6.07) is 4.30. The van der Waals surface area contributed by atoms with E-state index in [1.54, 1.807) is 0 Å². The van der Waals surface area contributed by atoms with Gasteiger partial charge in [0.1, 0.15) is 12.4 Å². The highest BCUT2D eigenvalue weighted by Crippen LogP contribution is 2.46. The van der Waals surface area contributed by atoms with Crippen LogP contribution in [0.4, 0.5) is 4.39 Å². The SMILES string of the molecule is O=C1OCC2=C1[C@H](c1ccc(F)c(Br)c1)C1=C(CCCS1(=O)=O)N2. The van der Waals surface area contributed by atoms with Crippen LogP contribution in [0.1, 0.15) is 24.3 Å². The Labute approximate surface area is 146 Å². The molecule has 4 rings (SSSR count). The van der Waals surface area contributed by atoms with Crippen LogP contribution in [0.15, 0.2) is 44.5 Å². The molecule has 0 amide bonds. The van der Waals surface area contributed by atoms with Gasteiger partial charge in [0.2, 0.25) is 0 Å². The normalized spacial score (nSPS) is 25.1. The number of benzene rings is 1. The van der Waals surface area contributed by atoms with E-state index in [4.69, 9.17) is 4.74 Å². The van der Waals surface area contributed by atoms with E-state index < -0.39 is 27.5 Å². The summed E-state index contributed by atoms with van der Waals surface area (Å²) in [5.41, 5.74) is 2.07. The highest BCUT2D eigenvalue weighted by Gasteiger charge is 2.45. The number of carbonyl (C=O) groups is 1. The molecular formula is C16H13BrFNO4S. The van der Waals surface area contributed by atoms with Crippen molar-refractivity contribution in [2.45, 2.75) is 18.8 Å². The van der Waals surface area contributed by atoms with Crippen LogP contribution in [0.3, 0.4) is 0 Å². The third kappa shape index (κ3) is 2.31. The van der Waals surface area contributed by atoms with Gasteiger partial charge in [-0.25, -0.2) is 17.6 Å². The number of carbonyl (C=O) groups excluding carboxylic acids is 1. The predicted octanol–water partition coefficient (Wildman–Crippen LogP) is 2.51. The third-order valence-corrected chi connectivity index (χ3v) is 7.08. The minimum atomic E-state index is -3.50. The van der Waals surface area contributed by atoms with E-state index in [1.807, 2.05) is 0 Å². The smallest absolute Gasteiger partial charge is 0.337 e. The van der Waals surface area contributed by atoms with Crippen LogP contribution in [0.2, 0.25) is 0 Å². The van der Waals surface area contributed by atoms with Gasteiger partial charge < -0.3 is 10.1 Å². The third-order valence-electron chi connectivity index (χ3n) is 4.49. The van der Waals surface area contributed by atoms with Crippen LogP contribution in [0.5, 0.6) is 0 Å². The number of rotatable bonds is 1. The fraction of sp³-hybridized carbons (Fsp3) is 0.312. The molecule has 5 nitrogen and oxygen atoms in total. The maximum atomic E-state index is 13.6. The first-order valence-corrected chi connectivity index (χ1v) is 9.91. The van der Waals surface area contributed by atoms with Gasteiger partial charge in [-0.2, -0.15) is 0 Å². The average molecular weight is 414 g/mol. The van der Waals surface area contributed by atoms with Crippen molar-refractivity contribution in [3.05, 3.63) is 55.9 Å². The van der Waals surface area contributed by atoms with Crippen molar-refractivity contribution in [3.8, 4) is 0 Å². The first-order chi connectivity index (χ1) is 11.4. The maximum absolute atomic E-state index is 13.6. The van der Waals surface area contributed by atoms with Gasteiger partial charge in [0, 0.05) is 5.70 Å².